The van der Waals surface area contributed by atoms with E-state index < -0.39 is 0 Å². The molecule has 0 saturated carbocycles. The molecule has 0 unspecified atom stereocenters. The fourth-order valence-electron chi connectivity index (χ4n) is 1.30. The van der Waals surface area contributed by atoms with Crippen molar-refractivity contribution in [1.82, 2.24) is 0 Å². The van der Waals surface area contributed by atoms with Gasteiger partial charge in [0, 0.05) is 18.3 Å². The summed E-state index contributed by atoms with van der Waals surface area (Å²) in [6.07, 6.45) is 1.87. The van der Waals surface area contributed by atoms with Crippen LogP contribution in [0.1, 0.15) is 5.56 Å². The van der Waals surface area contributed by atoms with E-state index in [0.29, 0.717) is 17.0 Å². The maximum atomic E-state index is 11.7. The smallest absolute Gasteiger partial charge is 0.236 e. The lowest BCUT2D eigenvalue weighted by atomic mass is 10.2. The second kappa shape index (κ2) is 6.15. The molecule has 3 N–H and O–H groups in total. The predicted octanol–water partition coefficient (Wildman–Crippen LogP) is 1.11. The van der Waals surface area contributed by atoms with Crippen LogP contribution in [0.15, 0.2) is 29.4 Å². The van der Waals surface area contributed by atoms with Crippen molar-refractivity contribution in [3.05, 3.63) is 29.8 Å². The van der Waals surface area contributed by atoms with Crippen molar-refractivity contribution >= 4 is 29.2 Å². The molecular weight excluding hydrogens is 238 g/mol. The summed E-state index contributed by atoms with van der Waals surface area (Å²) in [5.74, 6) is 0.455. The van der Waals surface area contributed by atoms with Crippen LogP contribution in [0.2, 0.25) is 0 Å². The summed E-state index contributed by atoms with van der Waals surface area (Å²) in [7, 11) is 1.70. The standard InChI is InChI=1S/C11H15N3O2S/c1-14(10(15)7-17-2)9-5-3-4-8(6-9)11(12)13-16/h3-6,16H,7H2,1-2H3,(H2,12,13). The maximum absolute atomic E-state index is 11.7. The molecule has 92 valence electrons. The Morgan fingerprint density at radius 1 is 1.59 bits per heavy atom. The summed E-state index contributed by atoms with van der Waals surface area (Å²) in [5, 5.41) is 11.5. The highest BCUT2D eigenvalue weighted by atomic mass is 32.2. The first kappa shape index (κ1) is 13.4. The maximum Gasteiger partial charge on any atom is 0.236 e. The minimum absolute atomic E-state index is 0.00848. The number of rotatable bonds is 4. The molecule has 0 aliphatic rings. The lowest BCUT2D eigenvalue weighted by Gasteiger charge is -2.17. The molecule has 0 radical (unpaired) electrons. The average Bonchev–Trinajstić information content (AvgIpc) is 2.37. The normalized spacial score (nSPS) is 11.3. The number of amides is 1. The Morgan fingerprint density at radius 2 is 2.29 bits per heavy atom. The topological polar surface area (TPSA) is 78.9 Å². The van der Waals surface area contributed by atoms with Crippen LogP contribution in [0.4, 0.5) is 5.69 Å². The van der Waals surface area contributed by atoms with Crippen LogP contribution in [0.5, 0.6) is 0 Å². The third kappa shape index (κ3) is 3.39. The van der Waals surface area contributed by atoms with Crippen LogP contribution in [-0.4, -0.2) is 36.0 Å². The first-order valence-corrected chi connectivity index (χ1v) is 6.33. The minimum Gasteiger partial charge on any atom is -0.409 e. The van der Waals surface area contributed by atoms with Crippen LogP contribution >= 0.6 is 11.8 Å². The molecule has 0 saturated heterocycles. The lowest BCUT2D eigenvalue weighted by Crippen LogP contribution is -2.28. The first-order chi connectivity index (χ1) is 8.10. The zero-order valence-corrected chi connectivity index (χ0v) is 10.6. The van der Waals surface area contributed by atoms with Crippen molar-refractivity contribution in [2.75, 3.05) is 24.0 Å². The van der Waals surface area contributed by atoms with Gasteiger partial charge in [-0.2, -0.15) is 11.8 Å². The molecule has 6 heteroatoms. The Balaban J connectivity index is 2.95. The number of hydrogen-bond acceptors (Lipinski definition) is 4. The summed E-state index contributed by atoms with van der Waals surface area (Å²) >= 11 is 1.47. The molecule has 1 aromatic carbocycles. The Labute approximate surface area is 104 Å². The summed E-state index contributed by atoms with van der Waals surface area (Å²) in [4.78, 5) is 13.2. The summed E-state index contributed by atoms with van der Waals surface area (Å²) in [6, 6.07) is 6.97. The van der Waals surface area contributed by atoms with E-state index in [4.69, 9.17) is 10.9 Å². The van der Waals surface area contributed by atoms with Crippen LogP contribution in [0.3, 0.4) is 0 Å². The summed E-state index contributed by atoms with van der Waals surface area (Å²) < 4.78 is 0. The van der Waals surface area contributed by atoms with Crippen LogP contribution < -0.4 is 10.6 Å². The Bertz CT molecular complexity index is 434. The first-order valence-electron chi connectivity index (χ1n) is 4.93. The number of hydrogen-bond donors (Lipinski definition) is 2. The molecule has 17 heavy (non-hydrogen) atoms. The van der Waals surface area contributed by atoms with Gasteiger partial charge in [0.25, 0.3) is 0 Å². The number of amidine groups is 1. The van der Waals surface area contributed by atoms with Gasteiger partial charge in [-0.05, 0) is 18.4 Å². The third-order valence-electron chi connectivity index (χ3n) is 2.28. The van der Waals surface area contributed by atoms with Gasteiger partial charge in [0.05, 0.1) is 5.75 Å². The number of thioether (sulfide) groups is 1. The molecule has 0 fully saturated rings. The molecule has 0 spiro atoms. The Kier molecular flexibility index (Phi) is 4.84. The van der Waals surface area contributed by atoms with Gasteiger partial charge in [-0.1, -0.05) is 17.3 Å². The molecule has 1 amide bonds. The van der Waals surface area contributed by atoms with Gasteiger partial charge in [-0.3, -0.25) is 4.79 Å². The molecule has 0 aliphatic carbocycles. The number of carbonyl (C=O) groups is 1. The van der Waals surface area contributed by atoms with E-state index in [2.05, 4.69) is 5.16 Å². The molecule has 1 aromatic rings. The van der Waals surface area contributed by atoms with E-state index >= 15 is 0 Å². The van der Waals surface area contributed by atoms with Crippen molar-refractivity contribution in [3.8, 4) is 0 Å². The quantitative estimate of drug-likeness (QED) is 0.364. The summed E-state index contributed by atoms with van der Waals surface area (Å²) in [6.45, 7) is 0. The number of nitrogens with zero attached hydrogens (tertiary/aromatic N) is 2. The van der Waals surface area contributed by atoms with Gasteiger partial charge in [-0.25, -0.2) is 0 Å². The number of anilines is 1. The molecule has 0 atom stereocenters. The van der Waals surface area contributed by atoms with Gasteiger partial charge in [0.15, 0.2) is 5.84 Å². The van der Waals surface area contributed by atoms with Gasteiger partial charge >= 0.3 is 0 Å². The van der Waals surface area contributed by atoms with E-state index in [1.807, 2.05) is 6.26 Å². The largest absolute Gasteiger partial charge is 0.409 e. The van der Waals surface area contributed by atoms with Gasteiger partial charge in [0.1, 0.15) is 0 Å². The molecule has 1 rings (SSSR count). The zero-order chi connectivity index (χ0) is 12.8. The summed E-state index contributed by atoms with van der Waals surface area (Å²) in [5.41, 5.74) is 6.78. The molecule has 0 bridgehead atoms. The van der Waals surface area contributed by atoms with Crippen molar-refractivity contribution in [1.29, 1.82) is 0 Å². The highest BCUT2D eigenvalue weighted by molar-refractivity contribution is 7.99. The van der Waals surface area contributed by atoms with Crippen LogP contribution in [0, 0.1) is 0 Å². The lowest BCUT2D eigenvalue weighted by molar-refractivity contribution is -0.115. The zero-order valence-electron chi connectivity index (χ0n) is 9.75. The minimum atomic E-state index is 0.00848. The fraction of sp³-hybridized carbons (Fsp3) is 0.273. The number of carbonyl (C=O) groups excluding carboxylic acids is 1. The predicted molar refractivity (Wildman–Crippen MR) is 70.7 cm³/mol. The molecule has 5 nitrogen and oxygen atoms in total. The van der Waals surface area contributed by atoms with E-state index in [9.17, 15) is 4.79 Å². The van der Waals surface area contributed by atoms with Crippen LogP contribution in [0.25, 0.3) is 0 Å². The fourth-order valence-corrected chi connectivity index (χ4v) is 1.74. The third-order valence-corrected chi connectivity index (χ3v) is 2.81. The molecule has 0 aliphatic heterocycles. The van der Waals surface area contributed by atoms with E-state index in [-0.39, 0.29) is 11.7 Å². The second-order valence-corrected chi connectivity index (χ2v) is 4.29. The van der Waals surface area contributed by atoms with Gasteiger partial charge in [0.2, 0.25) is 5.91 Å². The Morgan fingerprint density at radius 3 is 2.88 bits per heavy atom. The number of benzene rings is 1. The van der Waals surface area contributed by atoms with E-state index in [1.165, 1.54) is 11.8 Å². The van der Waals surface area contributed by atoms with Crippen molar-refractivity contribution in [3.63, 3.8) is 0 Å². The van der Waals surface area contributed by atoms with Gasteiger partial charge < -0.3 is 15.8 Å². The van der Waals surface area contributed by atoms with Crippen molar-refractivity contribution < 1.29 is 10.0 Å². The van der Waals surface area contributed by atoms with E-state index in [0.717, 1.165) is 0 Å². The Hall–Kier alpha value is -1.69. The molecule has 0 heterocycles. The molecular formula is C11H15N3O2S. The van der Waals surface area contributed by atoms with Gasteiger partial charge in [-0.15, -0.1) is 0 Å². The monoisotopic (exact) mass is 253 g/mol. The van der Waals surface area contributed by atoms with Crippen LogP contribution in [-0.2, 0) is 4.79 Å². The highest BCUT2D eigenvalue weighted by Gasteiger charge is 2.11. The SMILES string of the molecule is CSCC(=O)N(C)c1cccc(C(N)=NO)c1. The highest BCUT2D eigenvalue weighted by Crippen LogP contribution is 2.15. The number of oxime groups is 1. The average molecular weight is 253 g/mol. The van der Waals surface area contributed by atoms with Crippen molar-refractivity contribution in [2.45, 2.75) is 0 Å². The van der Waals surface area contributed by atoms with Crippen molar-refractivity contribution in [2.24, 2.45) is 10.9 Å². The number of nitrogens with two attached hydrogens (primary N) is 1. The molecule has 0 aromatic heterocycles. The van der Waals surface area contributed by atoms with E-state index in [1.54, 1.807) is 36.2 Å². The second-order valence-electron chi connectivity index (χ2n) is 3.42.